The largest absolute Gasteiger partial charge is 0.434 e. The third-order valence-electron chi connectivity index (χ3n) is 2.50. The van der Waals surface area contributed by atoms with E-state index in [4.69, 9.17) is 0 Å². The Labute approximate surface area is 125 Å². The van der Waals surface area contributed by atoms with Gasteiger partial charge in [0.2, 0.25) is 0 Å². The van der Waals surface area contributed by atoms with Crippen LogP contribution in [0, 0.1) is 5.92 Å². The zero-order chi connectivity index (χ0) is 14.3. The number of thioether (sulfide) groups is 1. The van der Waals surface area contributed by atoms with E-state index in [2.05, 4.69) is 39.2 Å². The van der Waals surface area contributed by atoms with E-state index in [9.17, 15) is 8.78 Å². The molecule has 1 unspecified atom stereocenters. The van der Waals surface area contributed by atoms with Gasteiger partial charge in [0, 0.05) is 16.6 Å². The van der Waals surface area contributed by atoms with Gasteiger partial charge in [-0.25, -0.2) is 0 Å². The topological polar surface area (TPSA) is 21.3 Å². The number of alkyl halides is 2. The smallest absolute Gasteiger partial charge is 0.387 e. The molecule has 0 fully saturated rings. The van der Waals surface area contributed by atoms with Crippen molar-refractivity contribution in [2.45, 2.75) is 20.1 Å². The van der Waals surface area contributed by atoms with Crippen LogP contribution in [0.5, 0.6) is 5.75 Å². The van der Waals surface area contributed by atoms with Crippen molar-refractivity contribution in [3.8, 4) is 5.75 Å². The maximum atomic E-state index is 12.3. The van der Waals surface area contributed by atoms with Gasteiger partial charge in [-0.15, -0.1) is 0 Å². The summed E-state index contributed by atoms with van der Waals surface area (Å²) in [6.45, 7) is 0.721. The Kier molecular flexibility index (Phi) is 7.71. The molecule has 0 aliphatic carbocycles. The molecular formula is C13H18BrF2NOS. The Morgan fingerprint density at radius 2 is 2.16 bits per heavy atom. The van der Waals surface area contributed by atoms with Crippen LogP contribution in [0.4, 0.5) is 8.78 Å². The molecule has 1 aromatic carbocycles. The number of hydrogen-bond donors (Lipinski definition) is 1. The van der Waals surface area contributed by atoms with Gasteiger partial charge in [0.15, 0.2) is 0 Å². The summed E-state index contributed by atoms with van der Waals surface area (Å²) in [5.41, 5.74) is 0.728. The molecule has 0 heterocycles. The van der Waals surface area contributed by atoms with E-state index in [1.807, 2.05) is 0 Å². The van der Waals surface area contributed by atoms with Crippen LogP contribution in [0.2, 0.25) is 0 Å². The molecular weight excluding hydrogens is 336 g/mol. The fourth-order valence-electron chi connectivity index (χ4n) is 1.69. The van der Waals surface area contributed by atoms with Crippen molar-refractivity contribution in [2.75, 3.05) is 18.6 Å². The zero-order valence-electron chi connectivity index (χ0n) is 11.0. The van der Waals surface area contributed by atoms with Crippen LogP contribution < -0.4 is 10.1 Å². The first kappa shape index (κ1) is 16.7. The molecule has 1 atom stereocenters. The lowest BCUT2D eigenvalue weighted by atomic mass is 10.2. The van der Waals surface area contributed by atoms with Crippen LogP contribution in [0.3, 0.4) is 0 Å². The second kappa shape index (κ2) is 8.76. The molecule has 0 amide bonds. The minimum absolute atomic E-state index is 0.225. The summed E-state index contributed by atoms with van der Waals surface area (Å²) in [7, 11) is 0. The highest BCUT2D eigenvalue weighted by molar-refractivity contribution is 9.10. The fraction of sp³-hybridized carbons (Fsp3) is 0.538. The van der Waals surface area contributed by atoms with Gasteiger partial charge < -0.3 is 10.1 Å². The SMILES string of the molecule is CSCC(C)CNCc1cc(Br)ccc1OC(F)F. The van der Waals surface area contributed by atoms with Gasteiger partial charge in [0.25, 0.3) is 0 Å². The van der Waals surface area contributed by atoms with Crippen molar-refractivity contribution in [2.24, 2.45) is 5.92 Å². The molecule has 1 rings (SSSR count). The molecule has 6 heteroatoms. The Hall–Kier alpha value is -0.330. The van der Waals surface area contributed by atoms with Crippen molar-refractivity contribution in [1.29, 1.82) is 0 Å². The summed E-state index contributed by atoms with van der Waals surface area (Å²) >= 11 is 5.13. The first-order valence-corrected chi connectivity index (χ1v) is 8.14. The number of benzene rings is 1. The van der Waals surface area contributed by atoms with Crippen LogP contribution in [-0.4, -0.2) is 25.2 Å². The molecule has 0 spiro atoms. The van der Waals surface area contributed by atoms with E-state index < -0.39 is 6.61 Å². The van der Waals surface area contributed by atoms with Crippen molar-refractivity contribution in [1.82, 2.24) is 5.32 Å². The molecule has 19 heavy (non-hydrogen) atoms. The van der Waals surface area contributed by atoms with Gasteiger partial charge in [0.05, 0.1) is 0 Å². The van der Waals surface area contributed by atoms with Crippen LogP contribution in [-0.2, 0) is 6.54 Å². The predicted octanol–water partition coefficient (Wildman–Crippen LogP) is 4.14. The summed E-state index contributed by atoms with van der Waals surface area (Å²) < 4.78 is 29.9. The van der Waals surface area contributed by atoms with Crippen molar-refractivity contribution >= 4 is 27.7 Å². The monoisotopic (exact) mass is 353 g/mol. The summed E-state index contributed by atoms with van der Waals surface area (Å²) in [6, 6.07) is 5.04. The van der Waals surface area contributed by atoms with Gasteiger partial charge in [-0.1, -0.05) is 22.9 Å². The highest BCUT2D eigenvalue weighted by Gasteiger charge is 2.10. The Balaban J connectivity index is 2.57. The van der Waals surface area contributed by atoms with Crippen LogP contribution in [0.15, 0.2) is 22.7 Å². The van der Waals surface area contributed by atoms with E-state index in [-0.39, 0.29) is 5.75 Å². The number of rotatable bonds is 8. The third kappa shape index (κ3) is 6.58. The average molecular weight is 354 g/mol. The van der Waals surface area contributed by atoms with Gasteiger partial charge >= 0.3 is 6.61 Å². The Morgan fingerprint density at radius 3 is 2.79 bits per heavy atom. The van der Waals surface area contributed by atoms with Gasteiger partial charge in [0.1, 0.15) is 5.75 Å². The second-order valence-corrected chi connectivity index (χ2v) is 6.15. The number of nitrogens with one attached hydrogen (secondary N) is 1. The highest BCUT2D eigenvalue weighted by Crippen LogP contribution is 2.24. The number of halogens is 3. The predicted molar refractivity (Wildman–Crippen MR) is 80.0 cm³/mol. The molecule has 1 N–H and O–H groups in total. The minimum atomic E-state index is -2.80. The molecule has 108 valence electrons. The summed E-state index contributed by atoms with van der Waals surface area (Å²) in [5, 5.41) is 3.27. The van der Waals surface area contributed by atoms with Crippen LogP contribution >= 0.6 is 27.7 Å². The maximum absolute atomic E-state index is 12.3. The molecule has 0 aliphatic rings. The van der Waals surface area contributed by atoms with E-state index in [1.54, 1.807) is 30.0 Å². The molecule has 2 nitrogen and oxygen atoms in total. The molecule has 0 radical (unpaired) electrons. The molecule has 0 saturated carbocycles. The van der Waals surface area contributed by atoms with Crippen LogP contribution in [0.25, 0.3) is 0 Å². The lowest BCUT2D eigenvalue weighted by Crippen LogP contribution is -2.22. The van der Waals surface area contributed by atoms with Crippen molar-refractivity contribution in [3.05, 3.63) is 28.2 Å². The van der Waals surface area contributed by atoms with Crippen LogP contribution in [0.1, 0.15) is 12.5 Å². The standard InChI is InChI=1S/C13H18BrF2NOS/c1-9(8-19-2)6-17-7-10-5-11(14)3-4-12(10)18-13(15)16/h3-5,9,13,17H,6-8H2,1-2H3. The van der Waals surface area contributed by atoms with Crippen molar-refractivity contribution < 1.29 is 13.5 Å². The second-order valence-electron chi connectivity index (χ2n) is 4.32. The lowest BCUT2D eigenvalue weighted by Gasteiger charge is -2.14. The first-order valence-electron chi connectivity index (χ1n) is 5.95. The molecule has 0 bridgehead atoms. The molecule has 0 aliphatic heterocycles. The van der Waals surface area contributed by atoms with Gasteiger partial charge in [-0.05, 0) is 42.7 Å². The quantitative estimate of drug-likeness (QED) is 0.758. The summed E-state index contributed by atoms with van der Waals surface area (Å²) in [4.78, 5) is 0. The normalized spacial score (nSPS) is 12.7. The van der Waals surface area contributed by atoms with Gasteiger partial charge in [-0.2, -0.15) is 20.5 Å². The first-order chi connectivity index (χ1) is 9.02. The van der Waals surface area contributed by atoms with E-state index in [0.717, 1.165) is 22.3 Å². The van der Waals surface area contributed by atoms with Crippen molar-refractivity contribution in [3.63, 3.8) is 0 Å². The summed E-state index contributed by atoms with van der Waals surface area (Å²) in [5.74, 6) is 1.84. The molecule has 1 aromatic rings. The van der Waals surface area contributed by atoms with E-state index >= 15 is 0 Å². The average Bonchev–Trinajstić information content (AvgIpc) is 2.32. The number of hydrogen-bond acceptors (Lipinski definition) is 3. The maximum Gasteiger partial charge on any atom is 0.387 e. The Bertz CT molecular complexity index is 393. The minimum Gasteiger partial charge on any atom is -0.434 e. The molecule has 0 aromatic heterocycles. The fourth-order valence-corrected chi connectivity index (χ4v) is 2.79. The van der Waals surface area contributed by atoms with E-state index in [1.165, 1.54) is 0 Å². The van der Waals surface area contributed by atoms with E-state index in [0.29, 0.717) is 12.5 Å². The number of ether oxygens (including phenoxy) is 1. The zero-order valence-corrected chi connectivity index (χ0v) is 13.4. The molecule has 0 saturated heterocycles. The Morgan fingerprint density at radius 1 is 1.42 bits per heavy atom. The summed E-state index contributed by atoms with van der Waals surface area (Å²) in [6.07, 6.45) is 2.07. The van der Waals surface area contributed by atoms with Gasteiger partial charge in [-0.3, -0.25) is 0 Å². The lowest BCUT2D eigenvalue weighted by molar-refractivity contribution is -0.0505. The highest BCUT2D eigenvalue weighted by atomic mass is 79.9. The third-order valence-corrected chi connectivity index (χ3v) is 3.89.